The lowest BCUT2D eigenvalue weighted by molar-refractivity contribution is -0.118. The topological polar surface area (TPSA) is 63.2 Å². The van der Waals surface area contributed by atoms with Crippen molar-refractivity contribution in [2.75, 3.05) is 0 Å². The van der Waals surface area contributed by atoms with Crippen LogP contribution in [0.25, 0.3) is 0 Å². The molecular weight excluding hydrogens is 293 g/mol. The Morgan fingerprint density at radius 3 is 2.44 bits per heavy atom. The third-order valence-electron chi connectivity index (χ3n) is 1.86. The van der Waals surface area contributed by atoms with E-state index in [1.807, 2.05) is 0 Å². The highest BCUT2D eigenvalue weighted by Crippen LogP contribution is 2.34. The number of sulfonamides is 1. The molecule has 0 aliphatic heterocycles. The maximum atomic E-state index is 11.8. The van der Waals surface area contributed by atoms with Gasteiger partial charge in [-0.2, -0.15) is 0 Å². The third kappa shape index (κ3) is 3.18. The minimum atomic E-state index is -3.79. The molecule has 1 rings (SSSR count). The molecule has 16 heavy (non-hydrogen) atoms. The second-order valence-corrected chi connectivity index (χ2v) is 7.11. The number of Topliss-reactive ketones (excluding diaryl/α,β-unsaturated/α-hetero) is 1. The molecule has 0 fully saturated rings. The average Bonchev–Trinajstić information content (AvgIpc) is 2.45. The largest absolute Gasteiger partial charge is 0.298 e. The Morgan fingerprint density at radius 1 is 1.50 bits per heavy atom. The van der Waals surface area contributed by atoms with E-state index < -0.39 is 16.1 Å². The summed E-state index contributed by atoms with van der Waals surface area (Å²) in [6, 6.07) is 0.462. The standard InChI is InChI=1S/C8H9Cl2NO3S2/c1-4(5(2)12)11-16(13,14)6-3-7(9)15-8(6)10/h3-4,11H,1-2H3. The lowest BCUT2D eigenvalue weighted by atomic mass is 10.3. The number of hydrogen-bond donors (Lipinski definition) is 1. The van der Waals surface area contributed by atoms with Crippen LogP contribution in [-0.2, 0) is 14.8 Å². The van der Waals surface area contributed by atoms with Gasteiger partial charge in [0.15, 0.2) is 0 Å². The van der Waals surface area contributed by atoms with Crippen LogP contribution in [0.5, 0.6) is 0 Å². The van der Waals surface area contributed by atoms with E-state index in [4.69, 9.17) is 23.2 Å². The molecule has 0 radical (unpaired) electrons. The molecule has 1 unspecified atom stereocenters. The van der Waals surface area contributed by atoms with Crippen molar-refractivity contribution in [2.24, 2.45) is 0 Å². The Bertz CT molecular complexity index is 509. The highest BCUT2D eigenvalue weighted by atomic mass is 35.5. The van der Waals surface area contributed by atoms with Crippen LogP contribution in [-0.4, -0.2) is 20.2 Å². The monoisotopic (exact) mass is 301 g/mol. The Hall–Kier alpha value is -0.140. The summed E-state index contributed by atoms with van der Waals surface area (Å²) >= 11 is 12.3. The molecule has 0 bridgehead atoms. The number of halogens is 2. The van der Waals surface area contributed by atoms with E-state index in [9.17, 15) is 13.2 Å². The van der Waals surface area contributed by atoms with Crippen LogP contribution in [0.2, 0.25) is 8.67 Å². The fourth-order valence-electron chi connectivity index (χ4n) is 0.888. The van der Waals surface area contributed by atoms with E-state index in [-0.39, 0.29) is 19.4 Å². The second kappa shape index (κ2) is 5.01. The summed E-state index contributed by atoms with van der Waals surface area (Å²) in [5.41, 5.74) is 0. The van der Waals surface area contributed by atoms with Crippen molar-refractivity contribution < 1.29 is 13.2 Å². The third-order valence-corrected chi connectivity index (χ3v) is 5.15. The van der Waals surface area contributed by atoms with Crippen molar-refractivity contribution in [2.45, 2.75) is 24.8 Å². The predicted molar refractivity (Wildman–Crippen MR) is 64.8 cm³/mol. The molecule has 0 saturated carbocycles. The normalized spacial score (nSPS) is 13.8. The zero-order valence-corrected chi connectivity index (χ0v) is 11.6. The average molecular weight is 302 g/mol. The van der Waals surface area contributed by atoms with E-state index >= 15 is 0 Å². The maximum absolute atomic E-state index is 11.8. The highest BCUT2D eigenvalue weighted by molar-refractivity contribution is 7.89. The molecule has 1 aromatic rings. The molecule has 0 amide bonds. The van der Waals surface area contributed by atoms with Crippen molar-refractivity contribution in [3.8, 4) is 0 Å². The SMILES string of the molecule is CC(=O)C(C)NS(=O)(=O)c1cc(Cl)sc1Cl. The lowest BCUT2D eigenvalue weighted by Gasteiger charge is -2.10. The van der Waals surface area contributed by atoms with Crippen molar-refractivity contribution in [3.63, 3.8) is 0 Å². The number of rotatable bonds is 4. The molecule has 0 saturated heterocycles. The summed E-state index contributed by atoms with van der Waals surface area (Å²) in [4.78, 5) is 10.9. The zero-order valence-electron chi connectivity index (χ0n) is 8.45. The first-order valence-electron chi connectivity index (χ1n) is 4.21. The Morgan fingerprint density at radius 2 is 2.06 bits per heavy atom. The lowest BCUT2D eigenvalue weighted by Crippen LogP contribution is -2.37. The Labute approximate surface area is 108 Å². The van der Waals surface area contributed by atoms with Crippen LogP contribution in [0.1, 0.15) is 13.8 Å². The van der Waals surface area contributed by atoms with Crippen molar-refractivity contribution >= 4 is 50.3 Å². The smallest absolute Gasteiger partial charge is 0.243 e. The van der Waals surface area contributed by atoms with E-state index in [0.29, 0.717) is 0 Å². The van der Waals surface area contributed by atoms with Crippen LogP contribution in [0.3, 0.4) is 0 Å². The molecule has 0 spiro atoms. The van der Waals surface area contributed by atoms with E-state index in [2.05, 4.69) is 4.72 Å². The van der Waals surface area contributed by atoms with Gasteiger partial charge in [0.2, 0.25) is 10.0 Å². The van der Waals surface area contributed by atoms with Gasteiger partial charge in [0.25, 0.3) is 0 Å². The molecular formula is C8H9Cl2NO3S2. The maximum Gasteiger partial charge on any atom is 0.243 e. The van der Waals surface area contributed by atoms with E-state index in [1.165, 1.54) is 19.9 Å². The number of carbonyl (C=O) groups excluding carboxylic acids is 1. The number of carbonyl (C=O) groups is 1. The van der Waals surface area contributed by atoms with Crippen LogP contribution in [0.15, 0.2) is 11.0 Å². The summed E-state index contributed by atoms with van der Waals surface area (Å²) in [5.74, 6) is -0.277. The molecule has 1 N–H and O–H groups in total. The molecule has 1 aromatic heterocycles. The van der Waals surface area contributed by atoms with Gasteiger partial charge in [-0.15, -0.1) is 11.3 Å². The van der Waals surface area contributed by atoms with Crippen LogP contribution in [0.4, 0.5) is 0 Å². The fraction of sp³-hybridized carbons (Fsp3) is 0.375. The first-order chi connectivity index (χ1) is 7.24. The van der Waals surface area contributed by atoms with Gasteiger partial charge in [0, 0.05) is 0 Å². The highest BCUT2D eigenvalue weighted by Gasteiger charge is 2.24. The summed E-state index contributed by atoms with van der Waals surface area (Å²) in [5, 5.41) is 0. The van der Waals surface area contributed by atoms with Crippen molar-refractivity contribution in [1.82, 2.24) is 4.72 Å². The number of ketones is 1. The van der Waals surface area contributed by atoms with Crippen LogP contribution < -0.4 is 4.72 Å². The van der Waals surface area contributed by atoms with Gasteiger partial charge >= 0.3 is 0 Å². The minimum absolute atomic E-state index is 0.0771. The Kier molecular flexibility index (Phi) is 4.36. The van der Waals surface area contributed by atoms with Gasteiger partial charge in [-0.25, -0.2) is 13.1 Å². The summed E-state index contributed by atoms with van der Waals surface area (Å²) in [6.07, 6.45) is 0. The first-order valence-corrected chi connectivity index (χ1v) is 7.27. The van der Waals surface area contributed by atoms with Gasteiger partial charge in [-0.05, 0) is 19.9 Å². The molecule has 0 aliphatic carbocycles. The molecule has 90 valence electrons. The van der Waals surface area contributed by atoms with Crippen LogP contribution >= 0.6 is 34.5 Å². The summed E-state index contributed by atoms with van der Waals surface area (Å²) < 4.78 is 26.1. The van der Waals surface area contributed by atoms with Crippen molar-refractivity contribution in [3.05, 3.63) is 14.7 Å². The fourth-order valence-corrected chi connectivity index (χ4v) is 4.30. The second-order valence-electron chi connectivity index (χ2n) is 3.14. The number of hydrogen-bond acceptors (Lipinski definition) is 4. The Balaban J connectivity index is 3.03. The quantitative estimate of drug-likeness (QED) is 0.928. The zero-order chi connectivity index (χ0) is 12.5. The van der Waals surface area contributed by atoms with Gasteiger partial charge < -0.3 is 0 Å². The minimum Gasteiger partial charge on any atom is -0.298 e. The number of thiophene rings is 1. The molecule has 0 aliphatic rings. The molecule has 1 atom stereocenters. The number of nitrogens with one attached hydrogen (secondary N) is 1. The van der Waals surface area contributed by atoms with Crippen molar-refractivity contribution in [1.29, 1.82) is 0 Å². The molecule has 4 nitrogen and oxygen atoms in total. The van der Waals surface area contributed by atoms with Gasteiger partial charge in [0.05, 0.1) is 10.4 Å². The summed E-state index contributed by atoms with van der Waals surface area (Å²) in [6.45, 7) is 2.76. The van der Waals surface area contributed by atoms with Gasteiger partial charge in [-0.1, -0.05) is 23.2 Å². The van der Waals surface area contributed by atoms with E-state index in [0.717, 1.165) is 11.3 Å². The first kappa shape index (κ1) is 13.9. The molecule has 1 heterocycles. The predicted octanol–water partition coefficient (Wildman–Crippen LogP) is 2.31. The van der Waals surface area contributed by atoms with Gasteiger partial charge in [-0.3, -0.25) is 4.79 Å². The summed E-state index contributed by atoms with van der Waals surface area (Å²) in [7, 11) is -3.79. The molecule has 8 heteroatoms. The van der Waals surface area contributed by atoms with E-state index in [1.54, 1.807) is 0 Å². The van der Waals surface area contributed by atoms with Gasteiger partial charge in [0.1, 0.15) is 15.0 Å². The van der Waals surface area contributed by atoms with Crippen LogP contribution in [0, 0.1) is 0 Å². The molecule has 0 aromatic carbocycles.